The van der Waals surface area contributed by atoms with E-state index in [0.717, 1.165) is 38.2 Å². The average Bonchev–Trinajstić information content (AvgIpc) is 3.37. The number of carbonyl (C=O) groups excluding carboxylic acids is 5. The molecule has 5 amide bonds. The number of carbonyl (C=O) groups is 5. The molecule has 7 rings (SSSR count). The first-order chi connectivity index (χ1) is 25.4. The maximum atomic E-state index is 13.5. The van der Waals surface area contributed by atoms with Gasteiger partial charge in [0.1, 0.15) is 4.47 Å². The number of halogens is 1. The number of likely N-dealkylation sites (N-methyl/N-ethyl adjacent to an activating group) is 1. The van der Waals surface area contributed by atoms with Crippen LogP contribution in [0.4, 0.5) is 5.69 Å². The highest BCUT2D eigenvalue weighted by molar-refractivity contribution is 9.10. The van der Waals surface area contributed by atoms with Crippen molar-refractivity contribution >= 4 is 51.7 Å². The van der Waals surface area contributed by atoms with Gasteiger partial charge in [-0.3, -0.25) is 43.9 Å². The second-order valence-electron chi connectivity index (χ2n) is 15.1. The van der Waals surface area contributed by atoms with E-state index in [1.54, 1.807) is 32.3 Å². The Hall–Kier alpha value is -4.73. The van der Waals surface area contributed by atoms with Crippen LogP contribution >= 0.6 is 15.9 Å². The van der Waals surface area contributed by atoms with Gasteiger partial charge in [0.15, 0.2) is 0 Å². The van der Waals surface area contributed by atoms with Gasteiger partial charge in [0, 0.05) is 82.3 Å². The molecule has 1 aromatic heterocycles. The molecule has 4 aliphatic rings. The second kappa shape index (κ2) is 14.6. The summed E-state index contributed by atoms with van der Waals surface area (Å²) in [6.45, 7) is 6.91. The highest BCUT2D eigenvalue weighted by atomic mass is 79.9. The van der Waals surface area contributed by atoms with Crippen LogP contribution in [-0.4, -0.2) is 118 Å². The summed E-state index contributed by atoms with van der Waals surface area (Å²) in [5, 5.41) is 9.73. The number of aromatic nitrogens is 2. The number of rotatable bonds is 11. The third kappa shape index (κ3) is 7.17. The normalized spacial score (nSPS) is 21.5. The zero-order valence-corrected chi connectivity index (χ0v) is 31.6. The number of hydrogen-bond donors (Lipinski definition) is 2. The number of benzene rings is 2. The van der Waals surface area contributed by atoms with E-state index in [4.69, 9.17) is 0 Å². The molecule has 3 unspecified atom stereocenters. The van der Waals surface area contributed by atoms with Crippen molar-refractivity contribution in [1.29, 1.82) is 0 Å². The summed E-state index contributed by atoms with van der Waals surface area (Å²) >= 11 is 3.41. The van der Waals surface area contributed by atoms with Gasteiger partial charge in [-0.2, -0.15) is 5.10 Å². The predicted octanol–water partition coefficient (Wildman–Crippen LogP) is 2.44. The number of nitrogens with zero attached hydrogens (tertiary/aromatic N) is 6. The molecule has 278 valence electrons. The van der Waals surface area contributed by atoms with Crippen molar-refractivity contribution in [1.82, 2.24) is 34.7 Å². The van der Waals surface area contributed by atoms with Crippen LogP contribution in [0.25, 0.3) is 0 Å². The molecule has 0 radical (unpaired) electrons. The smallest absolute Gasteiger partial charge is 0.282 e. The molecular weight excluding hydrogens is 744 g/mol. The minimum Gasteiger partial charge on any atom is -0.379 e. The van der Waals surface area contributed by atoms with Crippen LogP contribution in [0.15, 0.2) is 57.9 Å². The molecule has 1 spiro atoms. The molecule has 14 nitrogen and oxygen atoms in total. The van der Waals surface area contributed by atoms with Crippen molar-refractivity contribution < 1.29 is 24.0 Å². The molecular formula is C38H43BrN8O6. The fraction of sp³-hybridized carbons (Fsp3) is 0.447. The van der Waals surface area contributed by atoms with E-state index in [1.807, 2.05) is 23.1 Å². The van der Waals surface area contributed by atoms with Crippen LogP contribution in [0.2, 0.25) is 0 Å². The minimum atomic E-state index is -0.502. The Morgan fingerprint density at radius 2 is 1.75 bits per heavy atom. The van der Waals surface area contributed by atoms with Crippen molar-refractivity contribution in [2.75, 3.05) is 51.6 Å². The van der Waals surface area contributed by atoms with Gasteiger partial charge in [-0.05, 0) is 78.0 Å². The second-order valence-corrected chi connectivity index (χ2v) is 15.9. The SMILES string of the molecule is CC(CCC(=O)NC=O)N1C(=O)c2cccc(CN3CC4(C3)CN(C(=O)c3ccc(C5CC(Nc6cnn(C)c(=O)c6Br)CN(C)C5)cc3)C4)c2C1=O. The zero-order valence-electron chi connectivity index (χ0n) is 30.0. The lowest BCUT2D eigenvalue weighted by atomic mass is 9.72. The summed E-state index contributed by atoms with van der Waals surface area (Å²) < 4.78 is 1.76. The number of hydrogen-bond acceptors (Lipinski definition) is 10. The van der Waals surface area contributed by atoms with Crippen LogP contribution in [0.1, 0.15) is 74.3 Å². The fourth-order valence-corrected chi connectivity index (χ4v) is 8.93. The van der Waals surface area contributed by atoms with Crippen molar-refractivity contribution in [3.05, 3.63) is 91.3 Å². The first-order valence-electron chi connectivity index (χ1n) is 17.9. The van der Waals surface area contributed by atoms with Crippen molar-refractivity contribution in [3.63, 3.8) is 0 Å². The number of fused-ring (bicyclic) bond motifs is 1. The third-order valence-corrected chi connectivity index (χ3v) is 11.8. The first-order valence-corrected chi connectivity index (χ1v) is 18.7. The molecule has 0 bridgehead atoms. The Kier molecular flexibility index (Phi) is 10.1. The van der Waals surface area contributed by atoms with Crippen LogP contribution in [-0.2, 0) is 23.2 Å². The number of piperidine rings is 1. The van der Waals surface area contributed by atoms with Crippen molar-refractivity contribution in [2.45, 2.75) is 50.7 Å². The highest BCUT2D eigenvalue weighted by Gasteiger charge is 2.53. The monoisotopic (exact) mass is 786 g/mol. The topological polar surface area (TPSA) is 157 Å². The van der Waals surface area contributed by atoms with E-state index < -0.39 is 11.9 Å². The molecule has 3 saturated heterocycles. The van der Waals surface area contributed by atoms with Gasteiger partial charge in [0.2, 0.25) is 12.3 Å². The van der Waals surface area contributed by atoms with E-state index in [1.165, 1.54) is 15.1 Å². The first kappa shape index (κ1) is 36.6. The molecule has 3 fully saturated rings. The van der Waals surface area contributed by atoms with Gasteiger partial charge < -0.3 is 15.1 Å². The molecule has 5 heterocycles. The average molecular weight is 788 g/mol. The number of amides is 5. The van der Waals surface area contributed by atoms with Gasteiger partial charge in [-0.25, -0.2) is 4.68 Å². The van der Waals surface area contributed by atoms with Crippen LogP contribution in [0.3, 0.4) is 0 Å². The van der Waals surface area contributed by atoms with E-state index >= 15 is 0 Å². The summed E-state index contributed by atoms with van der Waals surface area (Å²) in [6.07, 6.45) is 3.14. The zero-order chi connectivity index (χ0) is 37.6. The van der Waals surface area contributed by atoms with Gasteiger partial charge in [0.25, 0.3) is 23.3 Å². The van der Waals surface area contributed by atoms with Crippen LogP contribution < -0.4 is 16.2 Å². The fourth-order valence-electron chi connectivity index (χ4n) is 8.45. The Morgan fingerprint density at radius 1 is 1.02 bits per heavy atom. The number of likely N-dealkylation sites (tertiary alicyclic amines) is 3. The summed E-state index contributed by atoms with van der Waals surface area (Å²) in [5.41, 5.74) is 3.93. The molecule has 2 N–H and O–H groups in total. The Balaban J connectivity index is 0.910. The summed E-state index contributed by atoms with van der Waals surface area (Å²) in [6, 6.07) is 12.9. The number of aryl methyl sites for hydroxylation is 1. The lowest BCUT2D eigenvalue weighted by molar-refractivity contribution is -0.125. The molecule has 0 saturated carbocycles. The summed E-state index contributed by atoms with van der Waals surface area (Å²) in [4.78, 5) is 82.4. The van der Waals surface area contributed by atoms with Gasteiger partial charge >= 0.3 is 0 Å². The largest absolute Gasteiger partial charge is 0.379 e. The standard InChI is InChI=1S/C38H43BrN8O6/c1-23(7-12-31(49)40-22-48)47-35(51)29-6-4-5-26(32(29)36(47)52)16-45-18-38(19-45)20-46(21-38)34(50)25-10-8-24(9-11-25)27-13-28(17-43(2)15-27)42-30-14-41-44(3)37(53)33(30)39/h4-6,8-11,14,22-23,27-28,42H,7,12-13,15-21H2,1-3H3,(H,40,48,49). The van der Waals surface area contributed by atoms with Crippen LogP contribution in [0, 0.1) is 5.41 Å². The summed E-state index contributed by atoms with van der Waals surface area (Å²) in [7, 11) is 3.71. The quantitative estimate of drug-likeness (QED) is 0.219. The maximum Gasteiger partial charge on any atom is 0.282 e. The molecule has 4 aliphatic heterocycles. The van der Waals surface area contributed by atoms with Crippen molar-refractivity contribution in [2.24, 2.45) is 12.5 Å². The Morgan fingerprint density at radius 3 is 2.47 bits per heavy atom. The van der Waals surface area contributed by atoms with E-state index in [9.17, 15) is 28.8 Å². The minimum absolute atomic E-state index is 0.0202. The van der Waals surface area contributed by atoms with Gasteiger partial charge in [0.05, 0.1) is 23.0 Å². The number of imide groups is 2. The van der Waals surface area contributed by atoms with Gasteiger partial charge in [-0.1, -0.05) is 24.3 Å². The Bertz CT molecular complexity index is 2020. The number of anilines is 1. The maximum absolute atomic E-state index is 13.5. The van der Waals surface area contributed by atoms with Crippen molar-refractivity contribution in [3.8, 4) is 0 Å². The molecule has 15 heteroatoms. The number of nitrogens with one attached hydrogen (secondary N) is 2. The molecule has 3 aromatic rings. The third-order valence-electron chi connectivity index (χ3n) is 11.0. The van der Waals surface area contributed by atoms with E-state index in [2.05, 4.69) is 60.6 Å². The Labute approximate surface area is 315 Å². The van der Waals surface area contributed by atoms with E-state index in [0.29, 0.717) is 52.9 Å². The van der Waals surface area contributed by atoms with E-state index in [-0.39, 0.29) is 53.5 Å². The molecule has 2 aromatic carbocycles. The molecule has 3 atom stereocenters. The lowest BCUT2D eigenvalue weighted by Gasteiger charge is -2.60. The predicted molar refractivity (Wildman–Crippen MR) is 199 cm³/mol. The van der Waals surface area contributed by atoms with Gasteiger partial charge in [-0.15, -0.1) is 0 Å². The summed E-state index contributed by atoms with van der Waals surface area (Å²) in [5.74, 6) is -0.902. The molecule has 53 heavy (non-hydrogen) atoms. The lowest BCUT2D eigenvalue weighted by Crippen LogP contribution is -2.72. The highest BCUT2D eigenvalue weighted by Crippen LogP contribution is 2.42. The molecule has 0 aliphatic carbocycles. The van der Waals surface area contributed by atoms with Crippen LogP contribution in [0.5, 0.6) is 0 Å².